The number of amides is 1. The van der Waals surface area contributed by atoms with Crippen molar-refractivity contribution in [1.82, 2.24) is 34.8 Å². The molecule has 6 rings (SSSR count). The highest BCUT2D eigenvalue weighted by Crippen LogP contribution is 2.35. The van der Waals surface area contributed by atoms with Gasteiger partial charge in [-0.2, -0.15) is 0 Å². The third-order valence-electron chi connectivity index (χ3n) is 7.73. The van der Waals surface area contributed by atoms with E-state index < -0.39 is 5.79 Å². The van der Waals surface area contributed by atoms with Crippen molar-refractivity contribution in [3.63, 3.8) is 0 Å². The van der Waals surface area contributed by atoms with Crippen LogP contribution in [0.4, 0.5) is 17.2 Å². The van der Waals surface area contributed by atoms with E-state index in [0.717, 1.165) is 33.7 Å². The van der Waals surface area contributed by atoms with E-state index >= 15 is 0 Å². The Morgan fingerprint density at radius 1 is 1.14 bits per heavy atom. The predicted molar refractivity (Wildman–Crippen MR) is 164 cm³/mol. The number of benzene rings is 2. The van der Waals surface area contributed by atoms with Crippen molar-refractivity contribution in [3.8, 4) is 11.5 Å². The molecule has 13 nitrogen and oxygen atoms in total. The number of piperazine rings is 1. The van der Waals surface area contributed by atoms with E-state index in [1.54, 1.807) is 18.0 Å². The molecule has 2 aliphatic heterocycles. The molecule has 222 valence electrons. The molecule has 2 aromatic heterocycles. The highest BCUT2D eigenvalue weighted by atomic mass is 16.5. The maximum Gasteiger partial charge on any atom is 0.251 e. The van der Waals surface area contributed by atoms with Crippen LogP contribution in [0.5, 0.6) is 11.5 Å². The number of fused-ring (bicyclic) bond motifs is 2. The lowest BCUT2D eigenvalue weighted by atomic mass is 10.1. The monoisotopic (exact) mass is 582 g/mol. The van der Waals surface area contributed by atoms with Gasteiger partial charge in [-0.15, -0.1) is 5.10 Å². The third kappa shape index (κ3) is 5.64. The maximum absolute atomic E-state index is 12.7. The van der Waals surface area contributed by atoms with Gasteiger partial charge >= 0.3 is 0 Å². The number of hydrogen-bond acceptors (Lipinski definition) is 11. The zero-order chi connectivity index (χ0) is 30.1. The SMILES string of the molecule is C=C(COC)C(=O)N1CCN(C2(C)N=Cc3ncnc(Nc4ccc(Oc5ccc6c(c5)nnn6C)c(C)c4)c3N2)CC1. The summed E-state index contributed by atoms with van der Waals surface area (Å²) in [7, 11) is 3.42. The van der Waals surface area contributed by atoms with Gasteiger partial charge in [0.25, 0.3) is 5.91 Å². The molecule has 1 fully saturated rings. The first-order valence-electron chi connectivity index (χ1n) is 14.0. The predicted octanol–water partition coefficient (Wildman–Crippen LogP) is 3.47. The number of aromatic nitrogens is 5. The van der Waals surface area contributed by atoms with Gasteiger partial charge in [0.2, 0.25) is 0 Å². The fourth-order valence-corrected chi connectivity index (χ4v) is 5.33. The number of anilines is 3. The standard InChI is InChI=1S/C30H34N10O3/c1-19-14-21(6-9-26(19)43-22-7-8-25-23(15-22)36-37-38(25)4)34-28-27-24(31-18-32-28)16-33-30(3,35-27)40-12-10-39(11-13-40)29(41)20(2)17-42-5/h6-9,14-16,18,35H,2,10-13,17H2,1,3-5H3,(H,31,32,34). The number of carbonyl (C=O) groups excluding carboxylic acids is 1. The normalized spacial score (nSPS) is 18.3. The molecule has 1 atom stereocenters. The topological polar surface area (TPSA) is 135 Å². The number of aryl methyl sites for hydroxylation is 2. The van der Waals surface area contributed by atoms with Gasteiger partial charge < -0.3 is 25.0 Å². The molecule has 1 unspecified atom stereocenters. The van der Waals surface area contributed by atoms with Crippen LogP contribution < -0.4 is 15.4 Å². The molecule has 2 aliphatic rings. The van der Waals surface area contributed by atoms with Crippen molar-refractivity contribution in [2.75, 3.05) is 50.5 Å². The first-order chi connectivity index (χ1) is 20.7. The lowest BCUT2D eigenvalue weighted by Gasteiger charge is -2.45. The Morgan fingerprint density at radius 2 is 1.95 bits per heavy atom. The van der Waals surface area contributed by atoms with E-state index in [-0.39, 0.29) is 12.5 Å². The number of hydrogen-bond donors (Lipinski definition) is 2. The second-order valence-electron chi connectivity index (χ2n) is 10.8. The molecule has 0 bridgehead atoms. The summed E-state index contributed by atoms with van der Waals surface area (Å²) >= 11 is 0. The molecule has 4 aromatic rings. The van der Waals surface area contributed by atoms with Crippen LogP contribution in [-0.2, 0) is 16.6 Å². The molecule has 13 heteroatoms. The molecular weight excluding hydrogens is 548 g/mol. The quantitative estimate of drug-likeness (QED) is 0.297. The minimum absolute atomic E-state index is 0.0738. The third-order valence-corrected chi connectivity index (χ3v) is 7.73. The van der Waals surface area contributed by atoms with Gasteiger partial charge in [0.15, 0.2) is 11.6 Å². The first-order valence-corrected chi connectivity index (χ1v) is 14.0. The molecular formula is C30H34N10O3. The molecule has 2 aromatic carbocycles. The number of methoxy groups -OCH3 is 1. The lowest BCUT2D eigenvalue weighted by molar-refractivity contribution is -0.130. The number of aliphatic imine (C=N–C) groups is 1. The summed E-state index contributed by atoms with van der Waals surface area (Å²) in [6, 6.07) is 11.6. The van der Waals surface area contributed by atoms with Gasteiger partial charge in [-0.25, -0.2) is 19.6 Å². The number of rotatable bonds is 8. The van der Waals surface area contributed by atoms with Gasteiger partial charge in [-0.3, -0.25) is 9.69 Å². The van der Waals surface area contributed by atoms with Crippen LogP contribution in [0.15, 0.2) is 59.9 Å². The average molecular weight is 583 g/mol. The second kappa shape index (κ2) is 11.4. The largest absolute Gasteiger partial charge is 0.457 e. The van der Waals surface area contributed by atoms with Gasteiger partial charge in [0, 0.05) is 57.7 Å². The molecule has 0 spiro atoms. The fraction of sp³-hybridized carbons (Fsp3) is 0.333. The van der Waals surface area contributed by atoms with Crippen molar-refractivity contribution in [2.45, 2.75) is 19.6 Å². The summed E-state index contributed by atoms with van der Waals surface area (Å²) in [4.78, 5) is 30.4. The van der Waals surface area contributed by atoms with Crippen molar-refractivity contribution in [2.24, 2.45) is 12.0 Å². The van der Waals surface area contributed by atoms with Crippen LogP contribution in [0.2, 0.25) is 0 Å². The number of carbonyl (C=O) groups is 1. The van der Waals surface area contributed by atoms with Gasteiger partial charge in [-0.05, 0) is 49.7 Å². The van der Waals surface area contributed by atoms with Gasteiger partial charge in [-0.1, -0.05) is 11.8 Å². The Balaban J connectivity index is 1.14. The molecule has 2 N–H and O–H groups in total. The van der Waals surface area contributed by atoms with Gasteiger partial charge in [0.05, 0.1) is 18.3 Å². The summed E-state index contributed by atoms with van der Waals surface area (Å²) in [5.41, 5.74) is 5.41. The minimum Gasteiger partial charge on any atom is -0.457 e. The number of nitrogens with zero attached hydrogens (tertiary/aromatic N) is 8. The smallest absolute Gasteiger partial charge is 0.251 e. The second-order valence-corrected chi connectivity index (χ2v) is 10.8. The highest BCUT2D eigenvalue weighted by Gasteiger charge is 2.38. The Labute approximate surface area is 249 Å². The summed E-state index contributed by atoms with van der Waals surface area (Å²) in [6.45, 7) is 10.5. The molecule has 0 radical (unpaired) electrons. The number of ether oxygens (including phenoxy) is 2. The van der Waals surface area contributed by atoms with Crippen molar-refractivity contribution in [3.05, 3.63) is 66.1 Å². The van der Waals surface area contributed by atoms with Crippen LogP contribution in [-0.4, -0.2) is 92.6 Å². The molecule has 1 amide bonds. The average Bonchev–Trinajstić information content (AvgIpc) is 3.38. The van der Waals surface area contributed by atoms with E-state index in [0.29, 0.717) is 49.0 Å². The highest BCUT2D eigenvalue weighted by molar-refractivity contribution is 5.93. The van der Waals surface area contributed by atoms with E-state index in [4.69, 9.17) is 14.5 Å². The molecule has 4 heterocycles. The van der Waals surface area contributed by atoms with Crippen molar-refractivity contribution < 1.29 is 14.3 Å². The van der Waals surface area contributed by atoms with Crippen LogP contribution in [0.25, 0.3) is 11.0 Å². The van der Waals surface area contributed by atoms with Gasteiger partial charge in [0.1, 0.15) is 34.7 Å². The Morgan fingerprint density at radius 3 is 2.72 bits per heavy atom. The van der Waals surface area contributed by atoms with Crippen LogP contribution in [0.1, 0.15) is 18.2 Å². The van der Waals surface area contributed by atoms with E-state index in [1.807, 2.05) is 62.2 Å². The summed E-state index contributed by atoms with van der Waals surface area (Å²) in [6.07, 6.45) is 3.29. The first kappa shape index (κ1) is 28.2. The lowest BCUT2D eigenvalue weighted by Crippen LogP contribution is -2.60. The van der Waals surface area contributed by atoms with E-state index in [2.05, 4.69) is 42.4 Å². The zero-order valence-electron chi connectivity index (χ0n) is 24.7. The maximum atomic E-state index is 12.7. The van der Waals surface area contributed by atoms with Crippen molar-refractivity contribution >= 4 is 40.3 Å². The van der Waals surface area contributed by atoms with Crippen LogP contribution in [0.3, 0.4) is 0 Å². The molecule has 1 saturated heterocycles. The Kier molecular flexibility index (Phi) is 7.50. The summed E-state index contributed by atoms with van der Waals surface area (Å²) in [5, 5.41) is 15.2. The van der Waals surface area contributed by atoms with E-state index in [9.17, 15) is 4.79 Å². The number of nitrogens with one attached hydrogen (secondary N) is 2. The summed E-state index contributed by atoms with van der Waals surface area (Å²) in [5.74, 6) is 1.25. The van der Waals surface area contributed by atoms with Crippen molar-refractivity contribution in [1.29, 1.82) is 0 Å². The zero-order valence-corrected chi connectivity index (χ0v) is 24.7. The molecule has 0 aliphatic carbocycles. The Hall–Kier alpha value is -4.88. The summed E-state index contributed by atoms with van der Waals surface area (Å²) < 4.78 is 13.0. The van der Waals surface area contributed by atoms with E-state index in [1.165, 1.54) is 6.33 Å². The molecule has 43 heavy (non-hydrogen) atoms. The van der Waals surface area contributed by atoms with Crippen LogP contribution >= 0.6 is 0 Å². The molecule has 0 saturated carbocycles. The fourth-order valence-electron chi connectivity index (χ4n) is 5.33. The minimum atomic E-state index is -0.731. The van der Waals surface area contributed by atoms with Crippen LogP contribution in [0, 0.1) is 6.92 Å². The Bertz CT molecular complexity index is 1730.